The van der Waals surface area contributed by atoms with Crippen molar-refractivity contribution in [1.82, 2.24) is 5.32 Å². The van der Waals surface area contributed by atoms with Gasteiger partial charge in [0.2, 0.25) is 0 Å². The number of carbonyl (C=O) groups excluding carboxylic acids is 1. The zero-order valence-electron chi connectivity index (χ0n) is 16.1. The summed E-state index contributed by atoms with van der Waals surface area (Å²) in [4.78, 5) is 12.7. The van der Waals surface area contributed by atoms with E-state index in [0.717, 1.165) is 16.9 Å². The van der Waals surface area contributed by atoms with Gasteiger partial charge in [-0.05, 0) is 63.8 Å². The van der Waals surface area contributed by atoms with Crippen LogP contribution in [0.1, 0.15) is 54.1 Å². The van der Waals surface area contributed by atoms with Crippen molar-refractivity contribution in [2.75, 3.05) is 0 Å². The Bertz CT molecular complexity index is 752. The summed E-state index contributed by atoms with van der Waals surface area (Å²) in [7, 11) is 0. The van der Waals surface area contributed by atoms with Gasteiger partial charge in [-0.15, -0.1) is 0 Å². The lowest BCUT2D eigenvalue weighted by molar-refractivity contribution is -0.128. The van der Waals surface area contributed by atoms with Gasteiger partial charge in [0.25, 0.3) is 5.91 Å². The van der Waals surface area contributed by atoms with Gasteiger partial charge in [-0.25, -0.2) is 0 Å². The number of hydrogen-bond acceptors (Lipinski definition) is 2. The molecule has 0 unspecified atom stereocenters. The molecule has 0 saturated heterocycles. The molecule has 0 saturated carbocycles. The molecule has 134 valence electrons. The van der Waals surface area contributed by atoms with Crippen LogP contribution in [0.4, 0.5) is 0 Å². The Morgan fingerprint density at radius 3 is 2.28 bits per heavy atom. The molecule has 1 N–H and O–H groups in total. The number of carbonyl (C=O) groups is 1. The normalized spacial score (nSPS) is 13.2. The predicted molar refractivity (Wildman–Crippen MR) is 103 cm³/mol. The van der Waals surface area contributed by atoms with Crippen LogP contribution in [0, 0.1) is 27.7 Å². The molecule has 2 atom stereocenters. The van der Waals surface area contributed by atoms with Crippen molar-refractivity contribution in [2.45, 2.75) is 60.1 Å². The Balaban J connectivity index is 2.10. The van der Waals surface area contributed by atoms with E-state index in [-0.39, 0.29) is 11.9 Å². The van der Waals surface area contributed by atoms with Gasteiger partial charge in [0.1, 0.15) is 5.75 Å². The molecule has 0 aliphatic heterocycles. The lowest BCUT2D eigenvalue weighted by Gasteiger charge is -2.22. The molecular weight excluding hydrogens is 310 g/mol. The summed E-state index contributed by atoms with van der Waals surface area (Å²) in [5, 5.41) is 3.10. The van der Waals surface area contributed by atoms with Crippen molar-refractivity contribution >= 4 is 5.91 Å². The fourth-order valence-electron chi connectivity index (χ4n) is 3.02. The lowest BCUT2D eigenvalue weighted by atomic mass is 10.00. The van der Waals surface area contributed by atoms with Gasteiger partial charge in [-0.1, -0.05) is 48.4 Å². The van der Waals surface area contributed by atoms with Gasteiger partial charge in [-0.2, -0.15) is 0 Å². The van der Waals surface area contributed by atoms with Crippen LogP contribution in [-0.4, -0.2) is 12.0 Å². The molecular formula is C22H29NO2. The number of benzene rings is 2. The maximum absolute atomic E-state index is 12.7. The lowest BCUT2D eigenvalue weighted by Crippen LogP contribution is -2.39. The third-order valence-electron chi connectivity index (χ3n) is 4.52. The fraction of sp³-hybridized carbons (Fsp3) is 0.409. The number of rotatable bonds is 6. The van der Waals surface area contributed by atoms with Gasteiger partial charge >= 0.3 is 0 Å². The highest BCUT2D eigenvalue weighted by Crippen LogP contribution is 2.22. The molecule has 0 aromatic heterocycles. The van der Waals surface area contributed by atoms with Crippen LogP contribution in [0.5, 0.6) is 5.75 Å². The summed E-state index contributed by atoms with van der Waals surface area (Å²) in [6.45, 7) is 12.2. The molecule has 2 rings (SSSR count). The number of nitrogens with one attached hydrogen (secondary N) is 1. The molecule has 0 aliphatic carbocycles. The van der Waals surface area contributed by atoms with Gasteiger partial charge in [0, 0.05) is 0 Å². The molecule has 0 bridgehead atoms. The van der Waals surface area contributed by atoms with Crippen molar-refractivity contribution < 1.29 is 9.53 Å². The average molecular weight is 339 g/mol. The largest absolute Gasteiger partial charge is 0.480 e. The first-order chi connectivity index (χ1) is 11.8. The molecule has 0 heterocycles. The Labute approximate surface area is 151 Å². The molecule has 0 aliphatic rings. The molecule has 0 spiro atoms. The molecule has 2 aromatic rings. The minimum atomic E-state index is -0.492. The van der Waals surface area contributed by atoms with Crippen LogP contribution in [0.2, 0.25) is 0 Å². The van der Waals surface area contributed by atoms with E-state index in [9.17, 15) is 4.79 Å². The maximum atomic E-state index is 12.7. The Kier molecular flexibility index (Phi) is 6.24. The monoisotopic (exact) mass is 339 g/mol. The number of aryl methyl sites for hydroxylation is 4. The summed E-state index contributed by atoms with van der Waals surface area (Å²) in [5.41, 5.74) is 5.76. The Morgan fingerprint density at radius 1 is 1.00 bits per heavy atom. The van der Waals surface area contributed by atoms with E-state index >= 15 is 0 Å². The summed E-state index contributed by atoms with van der Waals surface area (Å²) in [6.07, 6.45) is 0.132. The van der Waals surface area contributed by atoms with Crippen LogP contribution < -0.4 is 10.1 Å². The third kappa shape index (κ3) is 4.85. The Hall–Kier alpha value is -2.29. The number of ether oxygens (including phenoxy) is 1. The third-order valence-corrected chi connectivity index (χ3v) is 4.52. The summed E-state index contributed by atoms with van der Waals surface area (Å²) >= 11 is 0. The molecule has 0 radical (unpaired) electrons. The van der Waals surface area contributed by atoms with Crippen LogP contribution in [0.3, 0.4) is 0 Å². The van der Waals surface area contributed by atoms with E-state index < -0.39 is 6.10 Å². The first-order valence-electron chi connectivity index (χ1n) is 8.93. The summed E-state index contributed by atoms with van der Waals surface area (Å²) < 4.78 is 5.99. The second-order valence-electron chi connectivity index (χ2n) is 6.87. The number of amides is 1. The van der Waals surface area contributed by atoms with Crippen LogP contribution >= 0.6 is 0 Å². The molecule has 3 heteroatoms. The average Bonchev–Trinajstić information content (AvgIpc) is 2.56. The highest BCUT2D eigenvalue weighted by Gasteiger charge is 2.22. The van der Waals surface area contributed by atoms with E-state index in [4.69, 9.17) is 4.74 Å². The van der Waals surface area contributed by atoms with Gasteiger partial charge < -0.3 is 10.1 Å². The predicted octanol–water partition coefficient (Wildman–Crippen LogP) is 4.96. The zero-order valence-corrected chi connectivity index (χ0v) is 16.1. The minimum Gasteiger partial charge on any atom is -0.480 e. The van der Waals surface area contributed by atoms with E-state index in [2.05, 4.69) is 43.4 Å². The van der Waals surface area contributed by atoms with Crippen molar-refractivity contribution in [3.8, 4) is 5.75 Å². The molecule has 1 amide bonds. The topological polar surface area (TPSA) is 38.3 Å². The quantitative estimate of drug-likeness (QED) is 0.808. The van der Waals surface area contributed by atoms with Crippen molar-refractivity contribution in [3.63, 3.8) is 0 Å². The summed E-state index contributed by atoms with van der Waals surface area (Å²) in [5.74, 6) is 0.697. The Morgan fingerprint density at radius 2 is 1.64 bits per heavy atom. The molecule has 25 heavy (non-hydrogen) atoms. The van der Waals surface area contributed by atoms with Crippen LogP contribution in [-0.2, 0) is 4.79 Å². The molecule has 2 aromatic carbocycles. The fourth-order valence-corrected chi connectivity index (χ4v) is 3.02. The van der Waals surface area contributed by atoms with Gasteiger partial charge in [0.05, 0.1) is 6.04 Å². The van der Waals surface area contributed by atoms with Gasteiger partial charge in [-0.3, -0.25) is 4.79 Å². The van der Waals surface area contributed by atoms with Gasteiger partial charge in [0.15, 0.2) is 6.10 Å². The number of hydrogen-bond donors (Lipinski definition) is 1. The highest BCUT2D eigenvalue weighted by molar-refractivity contribution is 5.81. The first-order valence-corrected chi connectivity index (χ1v) is 8.93. The first kappa shape index (κ1) is 19.0. The highest BCUT2D eigenvalue weighted by atomic mass is 16.5. The minimum absolute atomic E-state index is 0.0517. The summed E-state index contributed by atoms with van der Waals surface area (Å²) in [6, 6.07) is 12.3. The standard InChI is InChI=1S/C22H29NO2/c1-7-20(25-21-11-9-14(2)12-17(21)5)22(24)23-18(6)19-13-15(3)8-10-16(19)4/h8-13,18,20H,7H2,1-6H3,(H,23,24)/t18-,20-/m0/s1. The maximum Gasteiger partial charge on any atom is 0.261 e. The SMILES string of the molecule is CC[C@H](Oc1ccc(C)cc1C)C(=O)N[C@@H](C)c1cc(C)ccc1C. The molecule has 3 nitrogen and oxygen atoms in total. The second kappa shape index (κ2) is 8.19. The van der Waals surface area contributed by atoms with E-state index in [1.807, 2.05) is 39.8 Å². The second-order valence-corrected chi connectivity index (χ2v) is 6.87. The van der Waals surface area contributed by atoms with E-state index in [1.165, 1.54) is 16.7 Å². The van der Waals surface area contributed by atoms with E-state index in [0.29, 0.717) is 6.42 Å². The smallest absolute Gasteiger partial charge is 0.261 e. The van der Waals surface area contributed by atoms with E-state index in [1.54, 1.807) is 0 Å². The molecule has 0 fully saturated rings. The van der Waals surface area contributed by atoms with Crippen LogP contribution in [0.15, 0.2) is 36.4 Å². The van der Waals surface area contributed by atoms with Crippen molar-refractivity contribution in [2.24, 2.45) is 0 Å². The van der Waals surface area contributed by atoms with Crippen molar-refractivity contribution in [1.29, 1.82) is 0 Å². The van der Waals surface area contributed by atoms with Crippen molar-refractivity contribution in [3.05, 3.63) is 64.2 Å². The zero-order chi connectivity index (χ0) is 18.6. The van der Waals surface area contributed by atoms with Crippen LogP contribution in [0.25, 0.3) is 0 Å².